The minimum Gasteiger partial charge on any atom is -0.497 e. The van der Waals surface area contributed by atoms with Crippen molar-refractivity contribution in [3.63, 3.8) is 0 Å². The standard InChI is InChI=1S/C14H17N3O2/c1-17(2)10-12(8-15)14(18)16-9-11-4-6-13(19-3)7-5-11/h4-7,10H,9H2,1-3H3,(H,16,18)/b12-10+. The number of benzene rings is 1. The van der Waals surface area contributed by atoms with Gasteiger partial charge >= 0.3 is 0 Å². The summed E-state index contributed by atoms with van der Waals surface area (Å²) >= 11 is 0. The van der Waals surface area contributed by atoms with Crippen molar-refractivity contribution in [2.24, 2.45) is 0 Å². The summed E-state index contributed by atoms with van der Waals surface area (Å²) in [5, 5.41) is 11.6. The number of carbonyl (C=O) groups is 1. The molecule has 0 aliphatic rings. The molecule has 0 saturated carbocycles. The van der Waals surface area contributed by atoms with E-state index in [-0.39, 0.29) is 11.5 Å². The highest BCUT2D eigenvalue weighted by atomic mass is 16.5. The minimum atomic E-state index is -0.382. The van der Waals surface area contributed by atoms with Crippen LogP contribution in [-0.4, -0.2) is 32.0 Å². The molecule has 0 atom stereocenters. The summed E-state index contributed by atoms with van der Waals surface area (Å²) in [6, 6.07) is 9.24. The first-order valence-corrected chi connectivity index (χ1v) is 5.76. The van der Waals surface area contributed by atoms with E-state index in [1.807, 2.05) is 30.3 Å². The molecule has 5 nitrogen and oxygen atoms in total. The SMILES string of the molecule is COc1ccc(CNC(=O)/C(C#N)=C/N(C)C)cc1. The maximum absolute atomic E-state index is 11.8. The summed E-state index contributed by atoms with van der Waals surface area (Å²) in [6.07, 6.45) is 1.49. The normalized spacial score (nSPS) is 10.5. The van der Waals surface area contributed by atoms with Crippen molar-refractivity contribution in [2.45, 2.75) is 6.54 Å². The number of nitrogens with zero attached hydrogens (tertiary/aromatic N) is 2. The van der Waals surface area contributed by atoms with E-state index in [9.17, 15) is 4.79 Å². The number of ether oxygens (including phenoxy) is 1. The van der Waals surface area contributed by atoms with E-state index < -0.39 is 0 Å². The molecule has 0 aromatic heterocycles. The molecule has 1 amide bonds. The number of amides is 1. The zero-order chi connectivity index (χ0) is 14.3. The Morgan fingerprint density at radius 3 is 2.53 bits per heavy atom. The fourth-order valence-corrected chi connectivity index (χ4v) is 1.42. The molecule has 100 valence electrons. The molecule has 0 aliphatic heterocycles. The molecule has 0 saturated heterocycles. The van der Waals surface area contributed by atoms with E-state index in [1.165, 1.54) is 6.20 Å². The van der Waals surface area contributed by atoms with Crippen molar-refractivity contribution in [2.75, 3.05) is 21.2 Å². The zero-order valence-electron chi connectivity index (χ0n) is 11.3. The van der Waals surface area contributed by atoms with Crippen LogP contribution in [0.4, 0.5) is 0 Å². The Morgan fingerprint density at radius 2 is 2.05 bits per heavy atom. The van der Waals surface area contributed by atoms with Crippen molar-refractivity contribution in [3.8, 4) is 11.8 Å². The highest BCUT2D eigenvalue weighted by Gasteiger charge is 2.08. The van der Waals surface area contributed by atoms with Crippen LogP contribution < -0.4 is 10.1 Å². The van der Waals surface area contributed by atoms with E-state index in [1.54, 1.807) is 26.1 Å². The lowest BCUT2D eigenvalue weighted by Gasteiger charge is -2.08. The average Bonchev–Trinajstić information content (AvgIpc) is 2.42. The number of nitrogens with one attached hydrogen (secondary N) is 1. The Hall–Kier alpha value is -2.48. The maximum atomic E-state index is 11.8. The van der Waals surface area contributed by atoms with Gasteiger partial charge in [-0.1, -0.05) is 12.1 Å². The van der Waals surface area contributed by atoms with Crippen LogP contribution in [-0.2, 0) is 11.3 Å². The average molecular weight is 259 g/mol. The van der Waals surface area contributed by atoms with Gasteiger partial charge in [0, 0.05) is 26.8 Å². The number of carbonyl (C=O) groups excluding carboxylic acids is 1. The lowest BCUT2D eigenvalue weighted by Crippen LogP contribution is -2.25. The molecular weight excluding hydrogens is 242 g/mol. The largest absolute Gasteiger partial charge is 0.497 e. The molecule has 0 radical (unpaired) electrons. The highest BCUT2D eigenvalue weighted by Crippen LogP contribution is 2.11. The van der Waals surface area contributed by atoms with Gasteiger partial charge in [0.2, 0.25) is 0 Å². The minimum absolute atomic E-state index is 0.0820. The summed E-state index contributed by atoms with van der Waals surface area (Å²) in [7, 11) is 5.12. The van der Waals surface area contributed by atoms with Crippen LogP contribution in [0, 0.1) is 11.3 Å². The molecule has 1 aromatic carbocycles. The van der Waals surface area contributed by atoms with Crippen molar-refractivity contribution in [1.29, 1.82) is 5.26 Å². The zero-order valence-corrected chi connectivity index (χ0v) is 11.3. The van der Waals surface area contributed by atoms with E-state index in [0.717, 1.165) is 11.3 Å². The van der Waals surface area contributed by atoms with E-state index in [2.05, 4.69) is 5.32 Å². The fourth-order valence-electron chi connectivity index (χ4n) is 1.42. The van der Waals surface area contributed by atoms with E-state index >= 15 is 0 Å². The molecule has 1 rings (SSSR count). The maximum Gasteiger partial charge on any atom is 0.263 e. The van der Waals surface area contributed by atoms with Crippen molar-refractivity contribution < 1.29 is 9.53 Å². The summed E-state index contributed by atoms with van der Waals surface area (Å²) in [5.41, 5.74) is 1.02. The van der Waals surface area contributed by atoms with Crippen LogP contribution in [0.3, 0.4) is 0 Å². The Morgan fingerprint density at radius 1 is 1.42 bits per heavy atom. The number of nitriles is 1. The van der Waals surface area contributed by atoms with Crippen LogP contribution in [0.2, 0.25) is 0 Å². The molecule has 0 heterocycles. The smallest absolute Gasteiger partial charge is 0.263 e. The molecule has 0 aliphatic carbocycles. The van der Waals surface area contributed by atoms with Crippen LogP contribution in [0.1, 0.15) is 5.56 Å². The predicted molar refractivity (Wildman–Crippen MR) is 72.2 cm³/mol. The molecule has 0 bridgehead atoms. The van der Waals surface area contributed by atoms with Gasteiger partial charge in [-0.3, -0.25) is 4.79 Å². The third-order valence-electron chi connectivity index (χ3n) is 2.36. The summed E-state index contributed by atoms with van der Waals surface area (Å²) in [6.45, 7) is 0.370. The molecule has 0 fully saturated rings. The van der Waals surface area contributed by atoms with E-state index in [0.29, 0.717) is 6.54 Å². The van der Waals surface area contributed by atoms with Crippen LogP contribution >= 0.6 is 0 Å². The number of hydrogen-bond acceptors (Lipinski definition) is 4. The summed E-state index contributed by atoms with van der Waals surface area (Å²) < 4.78 is 5.05. The Balaban J connectivity index is 2.60. The molecule has 0 unspecified atom stereocenters. The first kappa shape index (κ1) is 14.6. The third kappa shape index (κ3) is 4.72. The second kappa shape index (κ2) is 7.07. The van der Waals surface area contributed by atoms with Crippen molar-refractivity contribution >= 4 is 5.91 Å². The van der Waals surface area contributed by atoms with Gasteiger partial charge in [-0.2, -0.15) is 5.26 Å². The molecule has 1 aromatic rings. The predicted octanol–water partition coefficient (Wildman–Crippen LogP) is 1.28. The number of rotatable bonds is 5. The van der Waals surface area contributed by atoms with Crippen LogP contribution in [0.5, 0.6) is 5.75 Å². The molecular formula is C14H17N3O2. The highest BCUT2D eigenvalue weighted by molar-refractivity contribution is 5.97. The van der Waals surface area contributed by atoms with Crippen molar-refractivity contribution in [1.82, 2.24) is 10.2 Å². The van der Waals surface area contributed by atoms with Gasteiger partial charge in [0.05, 0.1) is 7.11 Å². The molecule has 0 spiro atoms. The van der Waals surface area contributed by atoms with Crippen LogP contribution in [0.25, 0.3) is 0 Å². The summed E-state index contributed by atoms with van der Waals surface area (Å²) in [4.78, 5) is 13.4. The van der Waals surface area contributed by atoms with Gasteiger partial charge in [0.25, 0.3) is 5.91 Å². The Kier molecular flexibility index (Phi) is 5.42. The number of hydrogen-bond donors (Lipinski definition) is 1. The fraction of sp³-hybridized carbons (Fsp3) is 0.286. The first-order valence-electron chi connectivity index (χ1n) is 5.76. The second-order valence-electron chi connectivity index (χ2n) is 4.15. The van der Waals surface area contributed by atoms with Crippen molar-refractivity contribution in [3.05, 3.63) is 41.6 Å². The molecule has 1 N–H and O–H groups in total. The Bertz CT molecular complexity index is 498. The second-order valence-corrected chi connectivity index (χ2v) is 4.15. The monoisotopic (exact) mass is 259 g/mol. The topological polar surface area (TPSA) is 65.4 Å². The van der Waals surface area contributed by atoms with Gasteiger partial charge in [-0.15, -0.1) is 0 Å². The number of methoxy groups -OCH3 is 1. The lowest BCUT2D eigenvalue weighted by molar-refractivity contribution is -0.117. The van der Waals surface area contributed by atoms with Gasteiger partial charge < -0.3 is 15.0 Å². The summed E-state index contributed by atoms with van der Waals surface area (Å²) in [5.74, 6) is 0.382. The lowest BCUT2D eigenvalue weighted by atomic mass is 10.2. The third-order valence-corrected chi connectivity index (χ3v) is 2.36. The molecule has 5 heteroatoms. The first-order chi connectivity index (χ1) is 9.06. The van der Waals surface area contributed by atoms with Gasteiger partial charge in [0.15, 0.2) is 0 Å². The van der Waals surface area contributed by atoms with Crippen LogP contribution in [0.15, 0.2) is 36.0 Å². The van der Waals surface area contributed by atoms with Gasteiger partial charge in [-0.25, -0.2) is 0 Å². The van der Waals surface area contributed by atoms with E-state index in [4.69, 9.17) is 10.00 Å². The quantitative estimate of drug-likeness (QED) is 0.639. The van der Waals surface area contributed by atoms with Gasteiger partial charge in [-0.05, 0) is 17.7 Å². The Labute approximate surface area is 113 Å². The van der Waals surface area contributed by atoms with Gasteiger partial charge in [0.1, 0.15) is 17.4 Å². The molecule has 19 heavy (non-hydrogen) atoms.